The first kappa shape index (κ1) is 28.6. The Morgan fingerprint density at radius 1 is 0.810 bits per heavy atom. The van der Waals surface area contributed by atoms with Gasteiger partial charge in [-0.15, -0.1) is 11.3 Å². The van der Waals surface area contributed by atoms with Crippen LogP contribution in [0.15, 0.2) is 84.2 Å². The molecule has 5 aromatic rings. The van der Waals surface area contributed by atoms with E-state index in [1.165, 1.54) is 10.9 Å². The van der Waals surface area contributed by atoms with Crippen LogP contribution >= 0.6 is 22.7 Å². The zero-order valence-corrected chi connectivity index (χ0v) is 23.5. The van der Waals surface area contributed by atoms with Crippen molar-refractivity contribution < 1.29 is 23.2 Å². The maximum atomic E-state index is 14.1. The summed E-state index contributed by atoms with van der Waals surface area (Å²) in [6.07, 6.45) is 0.765. The molecule has 2 aromatic heterocycles. The average Bonchev–Trinajstić information content (AvgIpc) is 3.63. The van der Waals surface area contributed by atoms with Gasteiger partial charge in [-0.05, 0) is 78.5 Å². The third-order valence-electron chi connectivity index (χ3n) is 6.09. The molecule has 0 saturated heterocycles. The molecule has 2 amide bonds. The van der Waals surface area contributed by atoms with Crippen molar-refractivity contribution in [3.8, 4) is 0 Å². The predicted octanol–water partition coefficient (Wildman–Crippen LogP) is 6.26. The minimum atomic E-state index is -0.988. The topological polar surface area (TPSA) is 126 Å². The number of nitrogen functional groups attached to an aromatic ring is 1. The van der Waals surface area contributed by atoms with Gasteiger partial charge in [0, 0.05) is 33.9 Å². The van der Waals surface area contributed by atoms with E-state index in [1.54, 1.807) is 59.9 Å². The maximum absolute atomic E-state index is 14.1. The number of ketones is 1. The van der Waals surface area contributed by atoms with E-state index < -0.39 is 23.0 Å². The Bertz CT molecular complexity index is 1720. The summed E-state index contributed by atoms with van der Waals surface area (Å²) in [6, 6.07) is 20.2. The van der Waals surface area contributed by atoms with Crippen LogP contribution < -0.4 is 21.7 Å². The molecule has 0 saturated carbocycles. The number of nitrogens with two attached hydrogens (primary N) is 1. The SMILES string of the molecule is Nc1nc(Nc2ccc(C(=O)Nc3ccc(C(=O)NCCc4cccs4)cc3)cc2)sc1C(=O)c1c(F)cccc1F. The van der Waals surface area contributed by atoms with E-state index >= 15 is 0 Å². The number of rotatable bonds is 10. The minimum absolute atomic E-state index is 0.0978. The second kappa shape index (κ2) is 12.7. The summed E-state index contributed by atoms with van der Waals surface area (Å²) >= 11 is 2.50. The fourth-order valence-electron chi connectivity index (χ4n) is 3.97. The van der Waals surface area contributed by atoms with Gasteiger partial charge in [0.2, 0.25) is 5.78 Å². The van der Waals surface area contributed by atoms with E-state index in [0.29, 0.717) is 29.0 Å². The highest BCUT2D eigenvalue weighted by Gasteiger charge is 2.24. The molecule has 0 atom stereocenters. The summed E-state index contributed by atoms with van der Waals surface area (Å²) in [5.41, 5.74) is 7.09. The first-order chi connectivity index (χ1) is 20.3. The van der Waals surface area contributed by atoms with Crippen molar-refractivity contribution in [3.63, 3.8) is 0 Å². The molecule has 0 bridgehead atoms. The number of anilines is 4. The van der Waals surface area contributed by atoms with Crippen LogP contribution in [0, 0.1) is 11.6 Å². The Morgan fingerprint density at radius 2 is 1.45 bits per heavy atom. The lowest BCUT2D eigenvalue weighted by atomic mass is 10.1. The summed E-state index contributed by atoms with van der Waals surface area (Å²) in [7, 11) is 0. The third kappa shape index (κ3) is 6.67. The van der Waals surface area contributed by atoms with Gasteiger partial charge in [0.05, 0.1) is 5.56 Å². The van der Waals surface area contributed by atoms with E-state index in [1.807, 2.05) is 17.5 Å². The fraction of sp³-hybridized carbons (Fsp3) is 0.0667. The lowest BCUT2D eigenvalue weighted by Gasteiger charge is -2.08. The molecule has 3 aromatic carbocycles. The van der Waals surface area contributed by atoms with Crippen molar-refractivity contribution in [2.75, 3.05) is 22.9 Å². The van der Waals surface area contributed by atoms with E-state index in [9.17, 15) is 23.2 Å². The Kier molecular flexibility index (Phi) is 8.65. The highest BCUT2D eigenvalue weighted by Crippen LogP contribution is 2.31. The predicted molar refractivity (Wildman–Crippen MR) is 161 cm³/mol. The van der Waals surface area contributed by atoms with Crippen LogP contribution in [0.25, 0.3) is 0 Å². The maximum Gasteiger partial charge on any atom is 0.255 e. The van der Waals surface area contributed by atoms with E-state index in [4.69, 9.17) is 5.73 Å². The number of aromatic nitrogens is 1. The Hall–Kier alpha value is -4.94. The number of halogens is 2. The summed E-state index contributed by atoms with van der Waals surface area (Å²) in [5.74, 6) is -3.58. The molecule has 0 aliphatic rings. The van der Waals surface area contributed by atoms with Crippen LogP contribution in [0.4, 0.5) is 31.1 Å². The molecular formula is C30H23F2N5O3S2. The zero-order valence-electron chi connectivity index (χ0n) is 21.8. The normalized spacial score (nSPS) is 10.7. The van der Waals surface area contributed by atoms with E-state index in [0.717, 1.165) is 29.9 Å². The second-order valence-corrected chi connectivity index (χ2v) is 11.0. The zero-order chi connectivity index (χ0) is 29.6. The molecule has 212 valence electrons. The standard InChI is InChI=1S/C30H23F2N5O3S2/c31-22-4-1-5-23(32)24(22)25(38)26-27(33)37-30(42-26)36-20-12-8-18(9-13-20)29(40)35-19-10-6-17(7-11-19)28(39)34-15-14-21-3-2-16-41-21/h1-13,16H,14-15,33H2,(H,34,39)(H,35,40)(H,36,37). The molecule has 2 heterocycles. The number of hydrogen-bond donors (Lipinski definition) is 4. The number of carbonyl (C=O) groups is 3. The first-order valence-corrected chi connectivity index (χ1v) is 14.3. The number of thiophene rings is 1. The number of nitrogens with one attached hydrogen (secondary N) is 3. The van der Waals surface area contributed by atoms with Crippen LogP contribution in [0.1, 0.15) is 40.8 Å². The molecular weight excluding hydrogens is 580 g/mol. The largest absolute Gasteiger partial charge is 0.382 e. The molecule has 42 heavy (non-hydrogen) atoms. The van der Waals surface area contributed by atoms with Gasteiger partial charge in [-0.3, -0.25) is 14.4 Å². The van der Waals surface area contributed by atoms with Gasteiger partial charge in [0.15, 0.2) is 5.13 Å². The van der Waals surface area contributed by atoms with E-state index in [2.05, 4.69) is 20.9 Å². The van der Waals surface area contributed by atoms with Crippen LogP contribution in [0.3, 0.4) is 0 Å². The molecule has 12 heteroatoms. The molecule has 0 unspecified atom stereocenters. The number of benzene rings is 3. The average molecular weight is 604 g/mol. The second-order valence-electron chi connectivity index (χ2n) is 8.98. The number of hydrogen-bond acceptors (Lipinski definition) is 8. The monoisotopic (exact) mass is 603 g/mol. The first-order valence-electron chi connectivity index (χ1n) is 12.6. The van der Waals surface area contributed by atoms with Gasteiger partial charge in [-0.25, -0.2) is 13.8 Å². The highest BCUT2D eigenvalue weighted by atomic mass is 32.1. The Morgan fingerprint density at radius 3 is 2.10 bits per heavy atom. The van der Waals surface area contributed by atoms with Gasteiger partial charge in [-0.2, -0.15) is 0 Å². The van der Waals surface area contributed by atoms with Gasteiger partial charge in [0.1, 0.15) is 22.3 Å². The summed E-state index contributed by atoms with van der Waals surface area (Å²) in [5, 5.41) is 10.9. The van der Waals surface area contributed by atoms with Crippen molar-refractivity contribution in [2.45, 2.75) is 6.42 Å². The van der Waals surface area contributed by atoms with Crippen molar-refractivity contribution in [1.29, 1.82) is 0 Å². The smallest absolute Gasteiger partial charge is 0.255 e. The Balaban J connectivity index is 1.16. The summed E-state index contributed by atoms with van der Waals surface area (Å²) in [6.45, 7) is 0.533. The number of nitrogens with zero attached hydrogens (tertiary/aromatic N) is 1. The van der Waals surface area contributed by atoms with Crippen molar-refractivity contribution in [1.82, 2.24) is 10.3 Å². The molecule has 0 aliphatic heterocycles. The highest BCUT2D eigenvalue weighted by molar-refractivity contribution is 7.18. The quantitative estimate of drug-likeness (QED) is 0.140. The van der Waals surface area contributed by atoms with Gasteiger partial charge < -0.3 is 21.7 Å². The van der Waals surface area contributed by atoms with Crippen LogP contribution in [-0.4, -0.2) is 29.1 Å². The van der Waals surface area contributed by atoms with Crippen LogP contribution in [0.5, 0.6) is 0 Å². The molecule has 8 nitrogen and oxygen atoms in total. The molecule has 5 N–H and O–H groups in total. The fourth-order valence-corrected chi connectivity index (χ4v) is 5.53. The third-order valence-corrected chi connectivity index (χ3v) is 8.01. The molecule has 0 aliphatic carbocycles. The molecule has 0 spiro atoms. The van der Waals surface area contributed by atoms with Crippen LogP contribution in [-0.2, 0) is 6.42 Å². The molecule has 0 fully saturated rings. The van der Waals surface area contributed by atoms with Gasteiger partial charge in [0.25, 0.3) is 11.8 Å². The lowest BCUT2D eigenvalue weighted by Crippen LogP contribution is -2.25. The van der Waals surface area contributed by atoms with Gasteiger partial charge >= 0.3 is 0 Å². The number of amides is 2. The van der Waals surface area contributed by atoms with Gasteiger partial charge in [-0.1, -0.05) is 23.5 Å². The van der Waals surface area contributed by atoms with E-state index in [-0.39, 0.29) is 27.6 Å². The minimum Gasteiger partial charge on any atom is -0.382 e. The van der Waals surface area contributed by atoms with Crippen molar-refractivity contribution in [2.24, 2.45) is 0 Å². The summed E-state index contributed by atoms with van der Waals surface area (Å²) in [4.78, 5) is 43.0. The Labute approximate surface area is 247 Å². The van der Waals surface area contributed by atoms with Crippen LogP contribution in [0.2, 0.25) is 0 Å². The molecule has 5 rings (SSSR count). The number of thiazole rings is 1. The summed E-state index contributed by atoms with van der Waals surface area (Å²) < 4.78 is 28.1. The van der Waals surface area contributed by atoms with Crippen molar-refractivity contribution in [3.05, 3.63) is 122 Å². The van der Waals surface area contributed by atoms with Crippen molar-refractivity contribution >= 4 is 62.6 Å². The molecule has 0 radical (unpaired) electrons. The lowest BCUT2D eigenvalue weighted by molar-refractivity contribution is 0.0952. The number of carbonyl (C=O) groups excluding carboxylic acids is 3.